The predicted octanol–water partition coefficient (Wildman–Crippen LogP) is 2.13. The van der Waals surface area contributed by atoms with Gasteiger partial charge in [0.2, 0.25) is 0 Å². The first-order valence-electron chi connectivity index (χ1n) is 8.07. The van der Waals surface area contributed by atoms with E-state index in [1.54, 1.807) is 7.11 Å². The van der Waals surface area contributed by atoms with E-state index in [-0.39, 0.29) is 6.04 Å². The summed E-state index contributed by atoms with van der Waals surface area (Å²) in [6, 6.07) is 8.60. The minimum Gasteiger partial charge on any atom is -0.496 e. The summed E-state index contributed by atoms with van der Waals surface area (Å²) in [4.78, 5) is 19.1. The summed E-state index contributed by atoms with van der Waals surface area (Å²) in [6.07, 6.45) is 4.21. The maximum absolute atomic E-state index is 9.55. The van der Waals surface area contributed by atoms with E-state index in [4.69, 9.17) is 20.7 Å². The van der Waals surface area contributed by atoms with Gasteiger partial charge in [-0.25, -0.2) is 9.59 Å². The summed E-state index contributed by atoms with van der Waals surface area (Å²) in [5.41, 5.74) is 11.2. The number of methoxy groups -OCH3 is 1. The second-order valence-electron chi connectivity index (χ2n) is 5.99. The SMILES string of the molecule is COc1cccc2c1Cc1ccn(CC(C)N)c1-2.O=C(O)C=CC(=O)O. The molecule has 138 valence electrons. The average Bonchev–Trinajstić information content (AvgIpc) is 3.13. The van der Waals surface area contributed by atoms with Crippen LogP contribution in [0, 0.1) is 0 Å². The first kappa shape index (κ1) is 19.3. The molecule has 0 spiro atoms. The van der Waals surface area contributed by atoms with Crippen molar-refractivity contribution in [2.45, 2.75) is 25.9 Å². The molecule has 0 bridgehead atoms. The highest BCUT2D eigenvalue weighted by Crippen LogP contribution is 2.41. The van der Waals surface area contributed by atoms with Gasteiger partial charge < -0.3 is 25.3 Å². The third-order valence-electron chi connectivity index (χ3n) is 3.88. The van der Waals surface area contributed by atoms with E-state index in [2.05, 4.69) is 29.0 Å². The molecule has 0 saturated heterocycles. The molecule has 1 unspecified atom stereocenters. The Kier molecular flexibility index (Phi) is 6.19. The van der Waals surface area contributed by atoms with Gasteiger partial charge in [-0.05, 0) is 24.6 Å². The highest BCUT2D eigenvalue weighted by Gasteiger charge is 2.24. The van der Waals surface area contributed by atoms with Crippen LogP contribution in [0.1, 0.15) is 18.1 Å². The highest BCUT2D eigenvalue weighted by atomic mass is 16.5. The van der Waals surface area contributed by atoms with Crippen LogP contribution in [0.2, 0.25) is 0 Å². The molecule has 0 saturated carbocycles. The molecule has 0 aliphatic heterocycles. The number of fused-ring (bicyclic) bond motifs is 3. The lowest BCUT2D eigenvalue weighted by Crippen LogP contribution is -2.22. The number of aromatic nitrogens is 1. The van der Waals surface area contributed by atoms with Crippen molar-refractivity contribution in [2.75, 3.05) is 7.11 Å². The van der Waals surface area contributed by atoms with Gasteiger partial charge in [-0.1, -0.05) is 12.1 Å². The zero-order valence-corrected chi connectivity index (χ0v) is 14.7. The number of carboxylic acid groups (broad SMARTS) is 2. The second-order valence-corrected chi connectivity index (χ2v) is 5.99. The van der Waals surface area contributed by atoms with Crippen molar-refractivity contribution in [3.8, 4) is 17.0 Å². The largest absolute Gasteiger partial charge is 0.496 e. The van der Waals surface area contributed by atoms with E-state index in [1.165, 1.54) is 22.4 Å². The first-order valence-corrected chi connectivity index (χ1v) is 8.07. The Balaban J connectivity index is 0.000000260. The summed E-state index contributed by atoms with van der Waals surface area (Å²) in [5, 5.41) is 15.6. The van der Waals surface area contributed by atoms with Gasteiger partial charge >= 0.3 is 11.9 Å². The van der Waals surface area contributed by atoms with Gasteiger partial charge in [0.05, 0.1) is 12.8 Å². The molecule has 2 aromatic rings. The van der Waals surface area contributed by atoms with E-state index >= 15 is 0 Å². The van der Waals surface area contributed by atoms with Crippen LogP contribution in [0.4, 0.5) is 0 Å². The van der Waals surface area contributed by atoms with E-state index in [0.29, 0.717) is 12.2 Å². The molecule has 7 heteroatoms. The van der Waals surface area contributed by atoms with Gasteiger partial charge in [0.15, 0.2) is 0 Å². The fraction of sp³-hybridized carbons (Fsp3) is 0.263. The number of aliphatic carboxylic acids is 2. The lowest BCUT2D eigenvalue weighted by atomic mass is 10.1. The van der Waals surface area contributed by atoms with Gasteiger partial charge in [-0.2, -0.15) is 0 Å². The van der Waals surface area contributed by atoms with Crippen LogP contribution >= 0.6 is 0 Å². The third-order valence-corrected chi connectivity index (χ3v) is 3.88. The Morgan fingerprint density at radius 1 is 1.27 bits per heavy atom. The van der Waals surface area contributed by atoms with Crippen molar-refractivity contribution in [2.24, 2.45) is 5.73 Å². The Morgan fingerprint density at radius 3 is 2.46 bits per heavy atom. The Bertz CT molecular complexity index is 820. The van der Waals surface area contributed by atoms with E-state index in [9.17, 15) is 9.59 Å². The number of carboxylic acids is 2. The smallest absolute Gasteiger partial charge is 0.328 e. The number of rotatable bonds is 5. The lowest BCUT2D eigenvalue weighted by molar-refractivity contribution is -0.134. The molecule has 0 radical (unpaired) electrons. The molecule has 4 N–H and O–H groups in total. The van der Waals surface area contributed by atoms with Crippen LogP contribution in [0.5, 0.6) is 5.75 Å². The van der Waals surface area contributed by atoms with Crippen LogP contribution in [-0.4, -0.2) is 39.9 Å². The fourth-order valence-corrected chi connectivity index (χ4v) is 2.94. The average molecular weight is 358 g/mol. The summed E-state index contributed by atoms with van der Waals surface area (Å²) >= 11 is 0. The molecule has 26 heavy (non-hydrogen) atoms. The van der Waals surface area contributed by atoms with E-state index in [0.717, 1.165) is 18.7 Å². The Morgan fingerprint density at radius 2 is 1.92 bits per heavy atom. The van der Waals surface area contributed by atoms with Crippen molar-refractivity contribution in [3.05, 3.63) is 53.7 Å². The number of benzene rings is 1. The summed E-state index contributed by atoms with van der Waals surface area (Å²) in [6.45, 7) is 2.89. The molecule has 3 rings (SSSR count). The van der Waals surface area contributed by atoms with Gasteiger partial charge in [0, 0.05) is 48.5 Å². The van der Waals surface area contributed by atoms with Crippen LogP contribution < -0.4 is 10.5 Å². The minimum atomic E-state index is -1.26. The quantitative estimate of drug-likeness (QED) is 0.602. The number of hydrogen-bond acceptors (Lipinski definition) is 4. The molecule has 1 aromatic heterocycles. The molecule has 1 aromatic carbocycles. The normalized spacial score (nSPS) is 12.7. The van der Waals surface area contributed by atoms with Crippen molar-refractivity contribution in [1.29, 1.82) is 0 Å². The molecule has 1 aliphatic carbocycles. The van der Waals surface area contributed by atoms with Crippen LogP contribution in [-0.2, 0) is 22.6 Å². The van der Waals surface area contributed by atoms with Gasteiger partial charge in [0.1, 0.15) is 5.75 Å². The second kappa shape index (κ2) is 8.35. The number of nitrogens with two attached hydrogens (primary N) is 1. The zero-order chi connectivity index (χ0) is 19.3. The highest BCUT2D eigenvalue weighted by molar-refractivity contribution is 5.89. The van der Waals surface area contributed by atoms with Crippen LogP contribution in [0.15, 0.2) is 42.6 Å². The molecular weight excluding hydrogens is 336 g/mol. The third kappa shape index (κ3) is 4.52. The first-order chi connectivity index (χ1) is 12.3. The fourth-order valence-electron chi connectivity index (χ4n) is 2.94. The number of ether oxygens (including phenoxy) is 1. The van der Waals surface area contributed by atoms with Crippen LogP contribution in [0.25, 0.3) is 11.3 Å². The van der Waals surface area contributed by atoms with E-state index in [1.807, 2.05) is 13.0 Å². The maximum Gasteiger partial charge on any atom is 0.328 e. The van der Waals surface area contributed by atoms with E-state index < -0.39 is 11.9 Å². The summed E-state index contributed by atoms with van der Waals surface area (Å²) in [5.74, 6) is -1.53. The molecule has 0 fully saturated rings. The zero-order valence-electron chi connectivity index (χ0n) is 14.7. The number of hydrogen-bond donors (Lipinski definition) is 3. The molecule has 1 aliphatic rings. The Hall–Kier alpha value is -3.06. The Labute approximate surface area is 151 Å². The summed E-state index contributed by atoms with van der Waals surface area (Å²) < 4.78 is 7.70. The van der Waals surface area contributed by atoms with Crippen molar-refractivity contribution in [3.63, 3.8) is 0 Å². The van der Waals surface area contributed by atoms with Gasteiger partial charge in [-0.15, -0.1) is 0 Å². The maximum atomic E-state index is 9.55. The molecule has 1 atom stereocenters. The number of nitrogens with zero attached hydrogens (tertiary/aromatic N) is 1. The van der Waals surface area contributed by atoms with Crippen molar-refractivity contribution in [1.82, 2.24) is 4.57 Å². The standard InChI is InChI=1S/C15H18N2O.C4H4O4/c1-10(16)9-17-7-6-11-8-13-12(15(11)17)4-3-5-14(13)18-2;5-3(6)1-2-4(7)8/h3-7,10H,8-9,16H2,1-2H3;1-2H,(H,5,6)(H,7,8). The lowest BCUT2D eigenvalue weighted by Gasteiger charge is -2.12. The number of carbonyl (C=O) groups is 2. The van der Waals surface area contributed by atoms with Gasteiger partial charge in [0.25, 0.3) is 0 Å². The van der Waals surface area contributed by atoms with Crippen molar-refractivity contribution >= 4 is 11.9 Å². The predicted molar refractivity (Wildman–Crippen MR) is 97.3 cm³/mol. The molecule has 0 amide bonds. The molecule has 1 heterocycles. The van der Waals surface area contributed by atoms with Crippen molar-refractivity contribution < 1.29 is 24.5 Å². The van der Waals surface area contributed by atoms with Crippen LogP contribution in [0.3, 0.4) is 0 Å². The monoisotopic (exact) mass is 358 g/mol. The summed E-state index contributed by atoms with van der Waals surface area (Å²) in [7, 11) is 1.73. The van der Waals surface area contributed by atoms with Gasteiger partial charge in [-0.3, -0.25) is 0 Å². The topological polar surface area (TPSA) is 115 Å². The molecule has 7 nitrogen and oxygen atoms in total. The molecular formula is C19H22N2O5. The minimum absolute atomic E-state index is 0.163.